The number of hydrogen-bond acceptors (Lipinski definition) is 1. The minimum atomic E-state index is -0.520. The zero-order valence-corrected chi connectivity index (χ0v) is 17.7. The molecular weight excluding hydrogens is 409 g/mol. The van der Waals surface area contributed by atoms with Crippen LogP contribution in [0.4, 0.5) is 0 Å². The Morgan fingerprint density at radius 2 is 1.57 bits per heavy atom. The fraction of sp³-hybridized carbons (Fsp3) is 0.160. The molecule has 1 unspecified atom stereocenters. The van der Waals surface area contributed by atoms with Crippen LogP contribution >= 0.6 is 0 Å². The van der Waals surface area contributed by atoms with Crippen molar-refractivity contribution in [1.82, 2.24) is 4.57 Å². The molecule has 1 aromatic heterocycles. The third-order valence-corrected chi connectivity index (χ3v) is 8.63. The predicted octanol–water partition coefficient (Wildman–Crippen LogP) is 4.98. The van der Waals surface area contributed by atoms with Gasteiger partial charge in [-0.2, -0.15) is 0 Å². The van der Waals surface area contributed by atoms with Gasteiger partial charge in [-0.3, -0.25) is 0 Å². The van der Waals surface area contributed by atoms with Crippen molar-refractivity contribution in [3.05, 3.63) is 90.0 Å². The third kappa shape index (κ3) is 2.44. The molecule has 0 fully saturated rings. The molecular formula is C25H21NOSe. The molecule has 5 rings (SSSR count). The maximum absolute atomic E-state index is 13.9. The van der Waals surface area contributed by atoms with Gasteiger partial charge >= 0.3 is 171 Å². The van der Waals surface area contributed by atoms with E-state index in [2.05, 4.69) is 80.6 Å². The number of benzene rings is 3. The molecule has 1 atom stereocenters. The number of carbonyl (C=O) groups excluding carboxylic acids is 1. The Morgan fingerprint density at radius 3 is 2.39 bits per heavy atom. The summed E-state index contributed by atoms with van der Waals surface area (Å²) in [6.07, 6.45) is 0. The number of aryl methyl sites for hydroxylation is 1. The molecule has 0 radical (unpaired) electrons. The molecule has 0 amide bonds. The molecule has 2 heterocycles. The number of nitrogens with zero attached hydrogens (tertiary/aromatic N) is 1. The number of hydrogen-bond donors (Lipinski definition) is 0. The third-order valence-electron chi connectivity index (χ3n) is 5.85. The number of fused-ring (bicyclic) bond motifs is 5. The second-order valence-corrected chi connectivity index (χ2v) is 9.81. The van der Waals surface area contributed by atoms with Crippen LogP contribution in [-0.2, 0) is 5.41 Å². The fourth-order valence-corrected chi connectivity index (χ4v) is 6.63. The van der Waals surface area contributed by atoms with Crippen molar-refractivity contribution in [2.24, 2.45) is 0 Å². The second-order valence-electron chi connectivity index (χ2n) is 7.61. The molecule has 0 bridgehead atoms. The Balaban J connectivity index is 1.71. The van der Waals surface area contributed by atoms with Gasteiger partial charge in [-0.1, -0.05) is 0 Å². The zero-order valence-electron chi connectivity index (χ0n) is 16.0. The molecule has 4 aromatic rings. The van der Waals surface area contributed by atoms with Crippen LogP contribution < -0.4 is 4.46 Å². The van der Waals surface area contributed by atoms with Gasteiger partial charge < -0.3 is 0 Å². The van der Waals surface area contributed by atoms with Crippen molar-refractivity contribution in [3.8, 4) is 11.3 Å². The molecule has 138 valence electrons. The van der Waals surface area contributed by atoms with Gasteiger partial charge in [-0.15, -0.1) is 0 Å². The first kappa shape index (κ1) is 17.5. The molecule has 0 saturated carbocycles. The standard InChI is InChI=1S/C25H21NOSe/c1-17-19-12-7-9-15-22(19)26-23(17)20-13-6-8-14-21(20)25(2,24(26)27)16-28-18-10-4-3-5-11-18/h3-15H,16H2,1-2H3. The molecule has 2 nitrogen and oxygen atoms in total. The molecule has 28 heavy (non-hydrogen) atoms. The van der Waals surface area contributed by atoms with E-state index in [1.807, 2.05) is 16.7 Å². The van der Waals surface area contributed by atoms with Gasteiger partial charge in [0.25, 0.3) is 0 Å². The van der Waals surface area contributed by atoms with Crippen LogP contribution in [0.1, 0.15) is 22.8 Å². The summed E-state index contributed by atoms with van der Waals surface area (Å²) in [5.74, 6) is 0.198. The molecule has 0 N–H and O–H groups in total. The van der Waals surface area contributed by atoms with Crippen LogP contribution in [-0.4, -0.2) is 25.4 Å². The minimum absolute atomic E-state index is 0.198. The Labute approximate surface area is 171 Å². The summed E-state index contributed by atoms with van der Waals surface area (Å²) in [5.41, 5.74) is 5.11. The van der Waals surface area contributed by atoms with Crippen LogP contribution in [0.5, 0.6) is 0 Å². The average Bonchev–Trinajstić information content (AvgIpc) is 3.04. The van der Waals surface area contributed by atoms with E-state index < -0.39 is 5.41 Å². The summed E-state index contributed by atoms with van der Waals surface area (Å²) in [4.78, 5) is 13.9. The molecule has 1 aliphatic rings. The van der Waals surface area contributed by atoms with E-state index in [0.717, 1.165) is 22.1 Å². The molecule has 1 aliphatic heterocycles. The van der Waals surface area contributed by atoms with Gasteiger partial charge in [0, 0.05) is 0 Å². The van der Waals surface area contributed by atoms with E-state index in [4.69, 9.17) is 0 Å². The molecule has 0 spiro atoms. The van der Waals surface area contributed by atoms with Crippen LogP contribution in [0, 0.1) is 6.92 Å². The first-order valence-electron chi connectivity index (χ1n) is 9.54. The van der Waals surface area contributed by atoms with Crippen LogP contribution in [0.15, 0.2) is 78.9 Å². The number of aromatic nitrogens is 1. The van der Waals surface area contributed by atoms with Crippen molar-refractivity contribution in [1.29, 1.82) is 0 Å². The van der Waals surface area contributed by atoms with Gasteiger partial charge in [-0.25, -0.2) is 0 Å². The Bertz CT molecular complexity index is 1210. The average molecular weight is 430 g/mol. The van der Waals surface area contributed by atoms with Crippen LogP contribution in [0.2, 0.25) is 5.32 Å². The van der Waals surface area contributed by atoms with Gasteiger partial charge in [-0.05, 0) is 0 Å². The van der Waals surface area contributed by atoms with E-state index >= 15 is 0 Å². The van der Waals surface area contributed by atoms with E-state index in [9.17, 15) is 4.79 Å². The first-order chi connectivity index (χ1) is 13.6. The number of para-hydroxylation sites is 1. The van der Waals surface area contributed by atoms with Crippen molar-refractivity contribution < 1.29 is 4.79 Å². The Morgan fingerprint density at radius 1 is 0.893 bits per heavy atom. The summed E-state index contributed by atoms with van der Waals surface area (Å²) in [5, 5.41) is 2.02. The van der Waals surface area contributed by atoms with E-state index in [1.54, 1.807) is 0 Å². The van der Waals surface area contributed by atoms with Crippen LogP contribution in [0.3, 0.4) is 0 Å². The van der Waals surface area contributed by atoms with Crippen molar-refractivity contribution in [2.45, 2.75) is 24.6 Å². The zero-order chi connectivity index (χ0) is 19.3. The van der Waals surface area contributed by atoms with Crippen LogP contribution in [0.25, 0.3) is 22.2 Å². The van der Waals surface area contributed by atoms with Crippen molar-refractivity contribution in [3.63, 3.8) is 0 Å². The molecule has 3 heteroatoms. The Kier molecular flexibility index (Phi) is 4.04. The number of carbonyl (C=O) groups is 1. The molecule has 0 aliphatic carbocycles. The second kappa shape index (κ2) is 6.48. The van der Waals surface area contributed by atoms with Gasteiger partial charge in [0.15, 0.2) is 0 Å². The number of rotatable bonds is 3. The molecule has 3 aromatic carbocycles. The summed E-state index contributed by atoms with van der Waals surface area (Å²) < 4.78 is 3.31. The monoisotopic (exact) mass is 431 g/mol. The SMILES string of the molecule is Cc1c2n(c3ccccc13)C(=O)C(C)(C[Se]c1ccccc1)c1ccccc1-2. The van der Waals surface area contributed by atoms with E-state index in [-0.39, 0.29) is 20.9 Å². The summed E-state index contributed by atoms with van der Waals surface area (Å²) in [7, 11) is 0. The predicted molar refractivity (Wildman–Crippen MR) is 117 cm³/mol. The molecule has 0 saturated heterocycles. The quantitative estimate of drug-likeness (QED) is 0.421. The van der Waals surface area contributed by atoms with Crippen molar-refractivity contribution in [2.75, 3.05) is 0 Å². The normalized spacial score (nSPS) is 18.1. The van der Waals surface area contributed by atoms with Gasteiger partial charge in [0.05, 0.1) is 0 Å². The summed E-state index contributed by atoms with van der Waals surface area (Å²) in [6, 6.07) is 27.3. The van der Waals surface area contributed by atoms with E-state index in [0.29, 0.717) is 0 Å². The maximum atomic E-state index is 13.9. The van der Waals surface area contributed by atoms with Gasteiger partial charge in [0.1, 0.15) is 0 Å². The summed E-state index contributed by atoms with van der Waals surface area (Å²) >= 11 is 0.230. The van der Waals surface area contributed by atoms with E-state index in [1.165, 1.54) is 21.0 Å². The fourth-order valence-electron chi connectivity index (χ4n) is 4.35. The summed E-state index contributed by atoms with van der Waals surface area (Å²) in [6.45, 7) is 4.26. The Hall–Kier alpha value is -2.61. The van der Waals surface area contributed by atoms with Gasteiger partial charge in [0.2, 0.25) is 0 Å². The topological polar surface area (TPSA) is 22.0 Å². The van der Waals surface area contributed by atoms with Crippen molar-refractivity contribution >= 4 is 36.2 Å². The first-order valence-corrected chi connectivity index (χ1v) is 11.6.